The van der Waals surface area contributed by atoms with Crippen molar-refractivity contribution in [3.8, 4) is 0 Å². The summed E-state index contributed by atoms with van der Waals surface area (Å²) in [6.07, 6.45) is 4.11. The molecule has 0 fully saturated rings. The standard InChI is InChI=1S/C13H14F2N4O/c14-10-8-11(15)12(16)7-9(10)13(20)17-3-1-5-19-6-2-4-18-19/h2,4,6-8H,1,3,5,16H2,(H,17,20). The minimum atomic E-state index is -0.929. The number of rotatable bonds is 5. The Hall–Kier alpha value is -2.44. The van der Waals surface area contributed by atoms with Gasteiger partial charge in [-0.25, -0.2) is 8.78 Å². The quantitative estimate of drug-likeness (QED) is 0.645. The summed E-state index contributed by atoms with van der Waals surface area (Å²) >= 11 is 0. The van der Waals surface area contributed by atoms with Crippen molar-refractivity contribution < 1.29 is 13.6 Å². The molecule has 0 saturated carbocycles. The molecule has 106 valence electrons. The molecule has 1 aromatic heterocycles. The minimum absolute atomic E-state index is 0.256. The monoisotopic (exact) mass is 280 g/mol. The maximum absolute atomic E-state index is 13.4. The normalized spacial score (nSPS) is 10.5. The van der Waals surface area contributed by atoms with Crippen molar-refractivity contribution in [1.29, 1.82) is 0 Å². The van der Waals surface area contributed by atoms with Gasteiger partial charge in [-0.05, 0) is 18.6 Å². The minimum Gasteiger partial charge on any atom is -0.396 e. The molecule has 0 unspecified atom stereocenters. The summed E-state index contributed by atoms with van der Waals surface area (Å²) in [7, 11) is 0. The number of carbonyl (C=O) groups excluding carboxylic acids is 1. The Morgan fingerprint density at radius 3 is 2.85 bits per heavy atom. The van der Waals surface area contributed by atoms with Crippen molar-refractivity contribution in [2.75, 3.05) is 12.3 Å². The first-order chi connectivity index (χ1) is 9.58. The van der Waals surface area contributed by atoms with E-state index in [0.717, 1.165) is 6.07 Å². The third-order valence-corrected chi connectivity index (χ3v) is 2.74. The predicted molar refractivity (Wildman–Crippen MR) is 69.9 cm³/mol. The molecule has 20 heavy (non-hydrogen) atoms. The second-order valence-electron chi connectivity index (χ2n) is 4.23. The highest BCUT2D eigenvalue weighted by Gasteiger charge is 2.14. The van der Waals surface area contributed by atoms with Gasteiger partial charge in [0.2, 0.25) is 0 Å². The maximum atomic E-state index is 13.4. The number of amides is 1. The number of nitrogen functional groups attached to an aromatic ring is 1. The van der Waals surface area contributed by atoms with E-state index in [4.69, 9.17) is 5.73 Å². The molecule has 0 saturated heterocycles. The Morgan fingerprint density at radius 1 is 1.35 bits per heavy atom. The van der Waals surface area contributed by atoms with Gasteiger partial charge in [0.25, 0.3) is 5.91 Å². The van der Waals surface area contributed by atoms with E-state index in [9.17, 15) is 13.6 Å². The van der Waals surface area contributed by atoms with E-state index < -0.39 is 17.5 Å². The van der Waals surface area contributed by atoms with E-state index in [1.54, 1.807) is 16.9 Å². The summed E-state index contributed by atoms with van der Waals surface area (Å²) in [5.74, 6) is -2.42. The van der Waals surface area contributed by atoms with Crippen molar-refractivity contribution >= 4 is 11.6 Å². The van der Waals surface area contributed by atoms with Crippen molar-refractivity contribution in [3.05, 3.63) is 47.8 Å². The van der Waals surface area contributed by atoms with Crippen LogP contribution in [0.1, 0.15) is 16.8 Å². The Labute approximate surface area is 114 Å². The lowest BCUT2D eigenvalue weighted by Crippen LogP contribution is -2.26. The molecule has 1 heterocycles. The molecule has 7 heteroatoms. The fourth-order valence-corrected chi connectivity index (χ4v) is 1.71. The van der Waals surface area contributed by atoms with Crippen molar-refractivity contribution in [2.24, 2.45) is 0 Å². The molecule has 0 spiro atoms. The molecule has 0 aliphatic rings. The Balaban J connectivity index is 1.87. The highest BCUT2D eigenvalue weighted by Crippen LogP contribution is 2.16. The Kier molecular flexibility index (Phi) is 4.29. The van der Waals surface area contributed by atoms with E-state index in [0.29, 0.717) is 25.6 Å². The summed E-state index contributed by atoms with van der Waals surface area (Å²) in [6.45, 7) is 0.997. The summed E-state index contributed by atoms with van der Waals surface area (Å²) < 4.78 is 28.1. The van der Waals surface area contributed by atoms with Crippen LogP contribution in [0, 0.1) is 11.6 Å². The van der Waals surface area contributed by atoms with Crippen LogP contribution in [0.2, 0.25) is 0 Å². The number of nitrogens with two attached hydrogens (primary N) is 1. The van der Waals surface area contributed by atoms with Crippen LogP contribution in [0.15, 0.2) is 30.6 Å². The second kappa shape index (κ2) is 6.14. The first-order valence-corrected chi connectivity index (χ1v) is 6.08. The summed E-state index contributed by atoms with van der Waals surface area (Å²) in [5, 5.41) is 6.56. The summed E-state index contributed by atoms with van der Waals surface area (Å²) in [5.41, 5.74) is 4.80. The van der Waals surface area contributed by atoms with Crippen LogP contribution in [0.3, 0.4) is 0 Å². The van der Waals surface area contributed by atoms with Crippen LogP contribution in [0.4, 0.5) is 14.5 Å². The van der Waals surface area contributed by atoms with E-state index in [1.165, 1.54) is 0 Å². The molecule has 0 radical (unpaired) electrons. The van der Waals surface area contributed by atoms with Crippen LogP contribution in [0.25, 0.3) is 0 Å². The van der Waals surface area contributed by atoms with Crippen LogP contribution in [0.5, 0.6) is 0 Å². The van der Waals surface area contributed by atoms with Gasteiger partial charge in [-0.15, -0.1) is 0 Å². The SMILES string of the molecule is Nc1cc(C(=O)NCCCn2cccn2)c(F)cc1F. The van der Waals surface area contributed by atoms with E-state index in [-0.39, 0.29) is 11.3 Å². The van der Waals surface area contributed by atoms with Gasteiger partial charge in [-0.3, -0.25) is 9.48 Å². The van der Waals surface area contributed by atoms with Crippen LogP contribution in [-0.4, -0.2) is 22.2 Å². The second-order valence-corrected chi connectivity index (χ2v) is 4.23. The lowest BCUT2D eigenvalue weighted by molar-refractivity contribution is 0.0948. The molecule has 0 bridgehead atoms. The van der Waals surface area contributed by atoms with Gasteiger partial charge in [-0.2, -0.15) is 5.10 Å². The Bertz CT molecular complexity index is 599. The topological polar surface area (TPSA) is 72.9 Å². The molecule has 2 rings (SSSR count). The predicted octanol–water partition coefficient (Wildman–Crippen LogP) is 1.56. The molecule has 0 atom stereocenters. The number of aromatic nitrogens is 2. The molecule has 2 aromatic rings. The number of nitrogens with zero attached hydrogens (tertiary/aromatic N) is 2. The molecule has 1 amide bonds. The number of hydrogen-bond acceptors (Lipinski definition) is 3. The third kappa shape index (κ3) is 3.31. The smallest absolute Gasteiger partial charge is 0.254 e. The van der Waals surface area contributed by atoms with Gasteiger partial charge in [0.05, 0.1) is 11.3 Å². The van der Waals surface area contributed by atoms with E-state index in [2.05, 4.69) is 10.4 Å². The largest absolute Gasteiger partial charge is 0.396 e. The van der Waals surface area contributed by atoms with E-state index >= 15 is 0 Å². The fourth-order valence-electron chi connectivity index (χ4n) is 1.71. The first kappa shape index (κ1) is 14.0. The van der Waals surface area contributed by atoms with Crippen molar-refractivity contribution in [1.82, 2.24) is 15.1 Å². The van der Waals surface area contributed by atoms with E-state index in [1.807, 2.05) is 6.20 Å². The molecule has 0 aliphatic carbocycles. The number of anilines is 1. The third-order valence-electron chi connectivity index (χ3n) is 2.74. The number of benzene rings is 1. The molecule has 5 nitrogen and oxygen atoms in total. The van der Waals surface area contributed by atoms with Crippen LogP contribution >= 0.6 is 0 Å². The van der Waals surface area contributed by atoms with Gasteiger partial charge in [0.15, 0.2) is 0 Å². The highest BCUT2D eigenvalue weighted by molar-refractivity contribution is 5.95. The van der Waals surface area contributed by atoms with Crippen molar-refractivity contribution in [3.63, 3.8) is 0 Å². The maximum Gasteiger partial charge on any atom is 0.254 e. The van der Waals surface area contributed by atoms with Gasteiger partial charge in [-0.1, -0.05) is 0 Å². The number of hydrogen-bond donors (Lipinski definition) is 2. The van der Waals surface area contributed by atoms with Gasteiger partial charge in [0, 0.05) is 31.5 Å². The number of halogens is 2. The molecule has 1 aromatic carbocycles. The average molecular weight is 280 g/mol. The molecule has 0 aliphatic heterocycles. The first-order valence-electron chi connectivity index (χ1n) is 6.08. The van der Waals surface area contributed by atoms with Gasteiger partial charge < -0.3 is 11.1 Å². The van der Waals surface area contributed by atoms with Gasteiger partial charge >= 0.3 is 0 Å². The van der Waals surface area contributed by atoms with Crippen LogP contribution in [-0.2, 0) is 6.54 Å². The fraction of sp³-hybridized carbons (Fsp3) is 0.231. The lowest BCUT2D eigenvalue weighted by atomic mass is 10.1. The molecular formula is C13H14F2N4O. The zero-order valence-electron chi connectivity index (χ0n) is 10.6. The zero-order valence-corrected chi connectivity index (χ0v) is 10.6. The highest BCUT2D eigenvalue weighted by atomic mass is 19.1. The Morgan fingerprint density at radius 2 is 2.15 bits per heavy atom. The average Bonchev–Trinajstić information content (AvgIpc) is 2.92. The zero-order chi connectivity index (χ0) is 14.5. The number of aryl methyl sites for hydroxylation is 1. The summed E-state index contributed by atoms with van der Waals surface area (Å²) in [6, 6.07) is 3.40. The van der Waals surface area contributed by atoms with Crippen molar-refractivity contribution in [2.45, 2.75) is 13.0 Å². The summed E-state index contributed by atoms with van der Waals surface area (Å²) in [4.78, 5) is 11.7. The van der Waals surface area contributed by atoms with Crippen LogP contribution < -0.4 is 11.1 Å². The molecular weight excluding hydrogens is 266 g/mol. The van der Waals surface area contributed by atoms with Gasteiger partial charge in [0.1, 0.15) is 11.6 Å². The molecule has 3 N–H and O–H groups in total. The lowest BCUT2D eigenvalue weighted by Gasteiger charge is -2.07. The number of carbonyl (C=O) groups is 1. The number of nitrogens with one attached hydrogen (secondary N) is 1.